The molecule has 25 heteroatoms. The molecule has 25 nitrogen and oxygen atoms in total. The van der Waals surface area contributed by atoms with Crippen LogP contribution in [-0.2, 0) is 0 Å². The van der Waals surface area contributed by atoms with E-state index in [4.69, 9.17) is 44.9 Å². The van der Waals surface area contributed by atoms with E-state index in [2.05, 4.69) is 330 Å². The van der Waals surface area contributed by atoms with E-state index in [1.807, 2.05) is 0 Å². The summed E-state index contributed by atoms with van der Waals surface area (Å²) >= 11 is 0. The third kappa shape index (κ3) is 26.1. The van der Waals surface area contributed by atoms with E-state index in [-0.39, 0.29) is 103 Å². The second-order valence-corrected chi connectivity index (χ2v) is 48.2. The minimum Gasteiger partial charge on any atom is -0.354 e. The molecule has 0 amide bonds. The van der Waals surface area contributed by atoms with Gasteiger partial charge in [0.1, 0.15) is 0 Å². The first-order chi connectivity index (χ1) is 59.1. The second kappa shape index (κ2) is 42.7. The summed E-state index contributed by atoms with van der Waals surface area (Å²) in [5.41, 5.74) is -0.232. The summed E-state index contributed by atoms with van der Waals surface area (Å²) in [6, 6.07) is 1.54. The molecule has 0 radical (unpaired) electrons. The van der Waals surface area contributed by atoms with Crippen molar-refractivity contribution in [3.63, 3.8) is 0 Å². The molecule has 6 aliphatic rings. The molecule has 728 valence electrons. The van der Waals surface area contributed by atoms with Gasteiger partial charge in [-0.1, -0.05) is 80.1 Å². The van der Waals surface area contributed by atoms with E-state index in [1.54, 1.807) is 0 Å². The number of anilines is 9. The van der Waals surface area contributed by atoms with Crippen molar-refractivity contribution in [2.45, 2.75) is 484 Å². The fourth-order valence-corrected chi connectivity index (χ4v) is 23.8. The SMILES string of the molecule is CCCCN(c1nc(NCCCN(CCCNc2nc(N(CCCC)C3CC(C)(C)N(C)C(C)(C)C3)nc(N(CCCC)C3CC(C)(C)N(C)C(C)(C)C3)n2)CCCNc2nc(N(CCCC)C3CC(C)(C)N(C)C(C)(C)C3)nc(N(CCCC)C3CC(C)(C)N(C)C(C)(C)C3)n2)nc(N(CCCC)C2CC(C)(C)N(C)C(C)(C)C2)n1)C1CC(C)(C)N(C)C(C)(C)C1. The normalized spacial score (nSPS) is 22.9. The average molecular weight is 1770 g/mol. The van der Waals surface area contributed by atoms with E-state index in [0.29, 0.717) is 37.5 Å². The van der Waals surface area contributed by atoms with Crippen molar-refractivity contribution in [2.75, 3.05) is 166 Å². The van der Waals surface area contributed by atoms with Crippen molar-refractivity contribution in [1.82, 2.24) is 79.2 Å². The summed E-state index contributed by atoms with van der Waals surface area (Å²) in [5, 5.41) is 11.9. The van der Waals surface area contributed by atoms with Crippen molar-refractivity contribution in [2.24, 2.45) is 0 Å². The molecule has 9 heterocycles. The molecule has 0 spiro atoms. The van der Waals surface area contributed by atoms with Crippen LogP contribution in [0.1, 0.15) is 381 Å². The molecule has 0 saturated carbocycles. The van der Waals surface area contributed by atoms with Gasteiger partial charge in [0.2, 0.25) is 53.5 Å². The molecule has 3 aromatic rings. The van der Waals surface area contributed by atoms with Crippen LogP contribution in [0.5, 0.6) is 0 Å². The fraction of sp³-hybridized carbons (Fsp3) is 0.912. The first-order valence-corrected chi connectivity index (χ1v) is 51.3. The number of nitrogens with one attached hydrogen (secondary N) is 3. The van der Waals surface area contributed by atoms with Crippen LogP contribution in [0.2, 0.25) is 0 Å². The molecule has 6 fully saturated rings. The lowest BCUT2D eigenvalue weighted by atomic mass is 9.77. The van der Waals surface area contributed by atoms with Crippen molar-refractivity contribution in [1.29, 1.82) is 0 Å². The van der Waals surface area contributed by atoms with Gasteiger partial charge in [-0.25, -0.2) is 0 Å². The molecule has 0 aromatic carbocycles. The van der Waals surface area contributed by atoms with Gasteiger partial charge in [-0.2, -0.15) is 44.9 Å². The Hall–Kier alpha value is -5.05. The van der Waals surface area contributed by atoms with Gasteiger partial charge < -0.3 is 50.2 Å². The van der Waals surface area contributed by atoms with Crippen molar-refractivity contribution in [3.8, 4) is 0 Å². The number of aromatic nitrogens is 9. The zero-order valence-electron chi connectivity index (χ0n) is 88.9. The maximum absolute atomic E-state index is 5.74. The number of hydrogen-bond donors (Lipinski definition) is 3. The lowest BCUT2D eigenvalue weighted by Crippen LogP contribution is -2.63. The Kier molecular flexibility index (Phi) is 35.5. The number of hydrogen-bond acceptors (Lipinski definition) is 25. The summed E-state index contributed by atoms with van der Waals surface area (Å²) in [6.07, 6.45) is 27.8. The standard InChI is InChI=1S/C102H195N25/c1-37-43-58-122(76-64-91(7,8)115(31)92(9,10)65-76)85-106-82(107-86(112-85)123(59-44-38-2)77-66-93(11,12)116(32)94(13,14)67-77)103-52-49-55-121(56-50-53-104-83-108-87(124(60-45-39-3)78-68-95(15,16)117(33)96(17,18)69-78)113-88(109-83)125(61-46-40-4)79-70-97(19,20)118(34)98(21,22)71-79)57-51-54-105-84-110-89(126(62-47-41-5)80-72-99(23,24)119(35)100(25,26)73-80)114-90(111-84)127(63-48-42-6)81-74-101(27,28)120(36)102(29,30)75-81/h76-81H,37-75H2,1-36H3,(H,103,106,107,112)(H,104,108,109,113)(H,105,110,111,114). The molecule has 6 saturated heterocycles. The Morgan fingerprint density at radius 2 is 0.346 bits per heavy atom. The molecule has 0 bridgehead atoms. The number of likely N-dealkylation sites (tertiary alicyclic amines) is 6. The van der Waals surface area contributed by atoms with Crippen LogP contribution < -0.4 is 45.3 Å². The van der Waals surface area contributed by atoms with Crippen molar-refractivity contribution in [3.05, 3.63) is 0 Å². The minimum absolute atomic E-state index is 0.0193. The fourth-order valence-electron chi connectivity index (χ4n) is 23.8. The molecule has 3 N–H and O–H groups in total. The Morgan fingerprint density at radius 3 is 0.472 bits per heavy atom. The van der Waals surface area contributed by atoms with E-state index in [0.717, 1.165) is 268 Å². The van der Waals surface area contributed by atoms with Crippen LogP contribution in [0, 0.1) is 0 Å². The van der Waals surface area contributed by atoms with E-state index in [1.165, 1.54) is 0 Å². The smallest absolute Gasteiger partial charge is 0.232 e. The van der Waals surface area contributed by atoms with Crippen molar-refractivity contribution < 1.29 is 0 Å². The lowest BCUT2D eigenvalue weighted by molar-refractivity contribution is -0.0135. The van der Waals surface area contributed by atoms with E-state index >= 15 is 0 Å². The van der Waals surface area contributed by atoms with E-state index < -0.39 is 0 Å². The van der Waals surface area contributed by atoms with Crippen LogP contribution in [0.25, 0.3) is 0 Å². The van der Waals surface area contributed by atoms with Crippen LogP contribution in [0.3, 0.4) is 0 Å². The topological polar surface area (TPSA) is 194 Å². The zero-order valence-corrected chi connectivity index (χ0v) is 88.9. The lowest BCUT2D eigenvalue weighted by Gasteiger charge is -2.56. The molecular weight excluding hydrogens is 1580 g/mol. The highest BCUT2D eigenvalue weighted by atomic mass is 15.4. The Labute approximate surface area is 778 Å². The van der Waals surface area contributed by atoms with Crippen LogP contribution in [0.4, 0.5) is 53.5 Å². The van der Waals surface area contributed by atoms with Crippen LogP contribution in [0.15, 0.2) is 0 Å². The first-order valence-electron chi connectivity index (χ1n) is 51.3. The molecule has 0 aliphatic carbocycles. The second-order valence-electron chi connectivity index (χ2n) is 48.2. The Balaban J connectivity index is 1.10. The van der Waals surface area contributed by atoms with Gasteiger partial charge in [0.25, 0.3) is 0 Å². The predicted molar refractivity (Wildman–Crippen MR) is 542 cm³/mol. The molecule has 0 unspecified atom stereocenters. The molecular formula is C102H195N25. The Bertz CT molecular complexity index is 3170. The maximum Gasteiger partial charge on any atom is 0.232 e. The van der Waals surface area contributed by atoms with Crippen LogP contribution >= 0.6 is 0 Å². The van der Waals surface area contributed by atoms with Gasteiger partial charge in [0.15, 0.2) is 0 Å². The van der Waals surface area contributed by atoms with Gasteiger partial charge in [-0.3, -0.25) is 29.4 Å². The molecule has 127 heavy (non-hydrogen) atoms. The highest BCUT2D eigenvalue weighted by molar-refractivity contribution is 5.51. The molecule has 9 rings (SSSR count). The number of nitrogens with zero attached hydrogens (tertiary/aromatic N) is 22. The molecule has 0 atom stereocenters. The average Bonchev–Trinajstić information content (AvgIpc) is 0.760. The van der Waals surface area contributed by atoms with Gasteiger partial charge in [0, 0.05) is 162 Å². The zero-order chi connectivity index (χ0) is 94.2. The maximum atomic E-state index is 5.74. The summed E-state index contributed by atoms with van der Waals surface area (Å²) in [5.74, 6) is 6.89. The quantitative estimate of drug-likeness (QED) is 0.0452. The number of unbranched alkanes of at least 4 members (excludes halogenated alkanes) is 6. The third-order valence-corrected chi connectivity index (χ3v) is 33.1. The van der Waals surface area contributed by atoms with Gasteiger partial charge in [-0.15, -0.1) is 0 Å². The highest BCUT2D eigenvalue weighted by Gasteiger charge is 2.53. The van der Waals surface area contributed by atoms with Crippen LogP contribution in [-0.4, -0.2) is 303 Å². The first kappa shape index (κ1) is 106. The van der Waals surface area contributed by atoms with Gasteiger partial charge in [-0.05, 0) is 363 Å². The summed E-state index contributed by atoms with van der Waals surface area (Å²) in [6.45, 7) is 82.3. The third-order valence-electron chi connectivity index (χ3n) is 33.1. The monoisotopic (exact) mass is 1770 g/mol. The predicted octanol–water partition coefficient (Wildman–Crippen LogP) is 19.9. The largest absolute Gasteiger partial charge is 0.354 e. The number of piperidine rings is 6. The number of rotatable bonds is 45. The van der Waals surface area contributed by atoms with Crippen molar-refractivity contribution >= 4 is 53.5 Å². The molecule has 3 aromatic heterocycles. The minimum atomic E-state index is -0.0193. The van der Waals surface area contributed by atoms with Gasteiger partial charge >= 0.3 is 0 Å². The van der Waals surface area contributed by atoms with E-state index in [9.17, 15) is 0 Å². The van der Waals surface area contributed by atoms with Gasteiger partial charge in [0.05, 0.1) is 0 Å². The summed E-state index contributed by atoms with van der Waals surface area (Å²) in [7, 11) is 13.9. The molecule has 6 aliphatic heterocycles. The Morgan fingerprint density at radius 1 is 0.213 bits per heavy atom. The summed E-state index contributed by atoms with van der Waals surface area (Å²) in [4.78, 5) is 84.8. The summed E-state index contributed by atoms with van der Waals surface area (Å²) < 4.78 is 0. The highest BCUT2D eigenvalue weighted by Crippen LogP contribution is 2.48.